The molecule has 3 rings (SSSR count). The molecule has 0 saturated carbocycles. The first-order valence-electron chi connectivity index (χ1n) is 9.15. The van der Waals surface area contributed by atoms with Gasteiger partial charge in [0.2, 0.25) is 0 Å². The van der Waals surface area contributed by atoms with Crippen LogP contribution in [0.5, 0.6) is 11.5 Å². The van der Waals surface area contributed by atoms with Gasteiger partial charge in [-0.05, 0) is 67.6 Å². The molecule has 6 nitrogen and oxygen atoms in total. The number of benzene rings is 3. The number of nitrogens with two attached hydrogens (primary N) is 1. The van der Waals surface area contributed by atoms with Crippen LogP contribution < -0.4 is 20.5 Å². The van der Waals surface area contributed by atoms with E-state index in [0.29, 0.717) is 40.5 Å². The Morgan fingerprint density at radius 3 is 2.14 bits per heavy atom. The lowest BCUT2D eigenvalue weighted by atomic mass is 10.00. The molecule has 0 aliphatic rings. The number of ketones is 1. The zero-order valence-corrected chi connectivity index (χ0v) is 16.3. The van der Waals surface area contributed by atoms with Crippen molar-refractivity contribution < 1.29 is 19.1 Å². The van der Waals surface area contributed by atoms with Gasteiger partial charge in [-0.3, -0.25) is 9.59 Å². The number of nitrogens with one attached hydrogen (secondary N) is 1. The third-order valence-corrected chi connectivity index (χ3v) is 4.36. The van der Waals surface area contributed by atoms with Crippen LogP contribution in [0.4, 0.5) is 11.4 Å². The molecule has 0 radical (unpaired) electrons. The van der Waals surface area contributed by atoms with Crippen molar-refractivity contribution in [2.45, 2.75) is 6.92 Å². The summed E-state index contributed by atoms with van der Waals surface area (Å²) in [6, 6.07) is 18.5. The molecule has 0 heterocycles. The second kappa shape index (κ2) is 8.93. The molecule has 1 amide bonds. The molecule has 3 aromatic carbocycles. The molecule has 0 spiro atoms. The molecular formula is C23H22N2O4. The van der Waals surface area contributed by atoms with Gasteiger partial charge in [0.25, 0.3) is 5.91 Å². The highest BCUT2D eigenvalue weighted by Crippen LogP contribution is 2.27. The van der Waals surface area contributed by atoms with E-state index in [9.17, 15) is 9.59 Å². The van der Waals surface area contributed by atoms with Crippen LogP contribution in [0.2, 0.25) is 0 Å². The smallest absolute Gasteiger partial charge is 0.255 e. The summed E-state index contributed by atoms with van der Waals surface area (Å²) in [6.07, 6.45) is 0. The molecule has 0 aromatic heterocycles. The van der Waals surface area contributed by atoms with E-state index in [1.54, 1.807) is 73.8 Å². The zero-order chi connectivity index (χ0) is 20.8. The minimum atomic E-state index is -0.366. The molecule has 0 aliphatic carbocycles. The molecule has 0 unspecified atom stereocenters. The summed E-state index contributed by atoms with van der Waals surface area (Å²) < 4.78 is 10.5. The van der Waals surface area contributed by atoms with E-state index in [4.69, 9.17) is 15.2 Å². The van der Waals surface area contributed by atoms with Crippen molar-refractivity contribution in [3.8, 4) is 11.5 Å². The Bertz CT molecular complexity index is 1010. The number of methoxy groups -OCH3 is 1. The number of ether oxygens (including phenoxy) is 2. The van der Waals surface area contributed by atoms with Gasteiger partial charge in [-0.1, -0.05) is 6.07 Å². The second-order valence-corrected chi connectivity index (χ2v) is 6.24. The van der Waals surface area contributed by atoms with Gasteiger partial charge in [-0.25, -0.2) is 0 Å². The maximum absolute atomic E-state index is 13.0. The topological polar surface area (TPSA) is 90.6 Å². The fourth-order valence-corrected chi connectivity index (χ4v) is 2.85. The molecule has 0 aliphatic heterocycles. The minimum absolute atomic E-state index is 0.248. The Labute approximate surface area is 169 Å². The summed E-state index contributed by atoms with van der Waals surface area (Å²) in [7, 11) is 1.56. The van der Waals surface area contributed by atoms with Gasteiger partial charge in [-0.15, -0.1) is 0 Å². The van der Waals surface area contributed by atoms with Crippen LogP contribution in [-0.2, 0) is 0 Å². The summed E-state index contributed by atoms with van der Waals surface area (Å²) >= 11 is 0. The van der Waals surface area contributed by atoms with Crippen LogP contribution in [0.3, 0.4) is 0 Å². The normalized spacial score (nSPS) is 10.3. The van der Waals surface area contributed by atoms with Gasteiger partial charge in [0.1, 0.15) is 11.5 Å². The van der Waals surface area contributed by atoms with E-state index < -0.39 is 0 Å². The molecule has 148 valence electrons. The van der Waals surface area contributed by atoms with Crippen molar-refractivity contribution >= 4 is 23.1 Å². The average molecular weight is 390 g/mol. The van der Waals surface area contributed by atoms with Crippen LogP contribution in [-0.4, -0.2) is 25.4 Å². The van der Waals surface area contributed by atoms with Gasteiger partial charge >= 0.3 is 0 Å². The second-order valence-electron chi connectivity index (χ2n) is 6.24. The van der Waals surface area contributed by atoms with Crippen molar-refractivity contribution in [1.29, 1.82) is 0 Å². The highest BCUT2D eigenvalue weighted by molar-refractivity contribution is 6.17. The van der Waals surface area contributed by atoms with Gasteiger partial charge in [0.05, 0.1) is 25.1 Å². The number of carbonyl (C=O) groups excluding carboxylic acids is 2. The lowest BCUT2D eigenvalue weighted by molar-refractivity contribution is 0.102. The Morgan fingerprint density at radius 2 is 1.52 bits per heavy atom. The Balaban J connectivity index is 1.87. The Kier molecular flexibility index (Phi) is 6.14. The average Bonchev–Trinajstić information content (AvgIpc) is 2.75. The van der Waals surface area contributed by atoms with Crippen LogP contribution in [0.1, 0.15) is 33.2 Å². The summed E-state index contributed by atoms with van der Waals surface area (Å²) in [5, 5.41) is 2.77. The number of rotatable bonds is 7. The quantitative estimate of drug-likeness (QED) is 0.467. The largest absolute Gasteiger partial charge is 0.497 e. The van der Waals surface area contributed by atoms with E-state index >= 15 is 0 Å². The van der Waals surface area contributed by atoms with E-state index in [0.717, 1.165) is 0 Å². The molecule has 3 aromatic rings. The fourth-order valence-electron chi connectivity index (χ4n) is 2.85. The monoisotopic (exact) mass is 390 g/mol. The maximum atomic E-state index is 13.0. The first kappa shape index (κ1) is 19.9. The van der Waals surface area contributed by atoms with Gasteiger partial charge in [0, 0.05) is 16.7 Å². The van der Waals surface area contributed by atoms with Crippen LogP contribution >= 0.6 is 0 Å². The van der Waals surface area contributed by atoms with Crippen molar-refractivity contribution in [2.75, 3.05) is 24.8 Å². The van der Waals surface area contributed by atoms with Crippen molar-refractivity contribution in [3.63, 3.8) is 0 Å². The molecule has 0 saturated heterocycles. The Morgan fingerprint density at radius 1 is 0.897 bits per heavy atom. The number of hydrogen-bond acceptors (Lipinski definition) is 5. The summed E-state index contributed by atoms with van der Waals surface area (Å²) in [4.78, 5) is 25.7. The number of hydrogen-bond donors (Lipinski definition) is 2. The number of nitrogen functional groups attached to an aromatic ring is 1. The van der Waals surface area contributed by atoms with Crippen LogP contribution in [0.25, 0.3) is 0 Å². The SMILES string of the molecule is CCOc1ccc(C(=O)Nc2c(N)cccc2C(=O)c2ccc(OC)cc2)cc1. The van der Waals surface area contributed by atoms with Gasteiger partial charge < -0.3 is 20.5 Å². The highest BCUT2D eigenvalue weighted by atomic mass is 16.5. The van der Waals surface area contributed by atoms with Crippen molar-refractivity contribution in [3.05, 3.63) is 83.4 Å². The molecule has 0 fully saturated rings. The van der Waals surface area contributed by atoms with E-state index in [1.165, 1.54) is 0 Å². The summed E-state index contributed by atoms with van der Waals surface area (Å²) in [6.45, 7) is 2.43. The number of carbonyl (C=O) groups is 2. The standard InChI is InChI=1S/C23H22N2O4/c1-3-29-18-13-9-16(10-14-18)23(27)25-21-19(5-4-6-20(21)24)22(26)15-7-11-17(28-2)12-8-15/h4-14H,3,24H2,1-2H3,(H,25,27). The molecule has 3 N–H and O–H groups in total. The Hall–Kier alpha value is -3.80. The molecule has 6 heteroatoms. The minimum Gasteiger partial charge on any atom is -0.497 e. The molecule has 0 bridgehead atoms. The van der Waals surface area contributed by atoms with Gasteiger partial charge in [-0.2, -0.15) is 0 Å². The summed E-state index contributed by atoms with van der Waals surface area (Å²) in [5.41, 5.74) is 7.87. The third kappa shape index (κ3) is 4.55. The van der Waals surface area contributed by atoms with Gasteiger partial charge in [0.15, 0.2) is 5.78 Å². The van der Waals surface area contributed by atoms with E-state index in [1.807, 2.05) is 6.92 Å². The first-order valence-corrected chi connectivity index (χ1v) is 9.15. The lowest BCUT2D eigenvalue weighted by Crippen LogP contribution is -2.16. The van der Waals surface area contributed by atoms with Crippen molar-refractivity contribution in [1.82, 2.24) is 0 Å². The van der Waals surface area contributed by atoms with E-state index in [-0.39, 0.29) is 17.4 Å². The first-order chi connectivity index (χ1) is 14.0. The van der Waals surface area contributed by atoms with Crippen LogP contribution in [0.15, 0.2) is 66.7 Å². The fraction of sp³-hybridized carbons (Fsp3) is 0.130. The van der Waals surface area contributed by atoms with Crippen LogP contribution in [0, 0.1) is 0 Å². The molecule has 29 heavy (non-hydrogen) atoms. The van der Waals surface area contributed by atoms with E-state index in [2.05, 4.69) is 5.32 Å². The number of para-hydroxylation sites is 1. The highest BCUT2D eigenvalue weighted by Gasteiger charge is 2.18. The lowest BCUT2D eigenvalue weighted by Gasteiger charge is -2.14. The zero-order valence-electron chi connectivity index (χ0n) is 16.3. The predicted octanol–water partition coefficient (Wildman–Crippen LogP) is 4.16. The van der Waals surface area contributed by atoms with Crippen molar-refractivity contribution in [2.24, 2.45) is 0 Å². The molecule has 0 atom stereocenters. The predicted molar refractivity (Wildman–Crippen MR) is 113 cm³/mol. The number of amides is 1. The third-order valence-electron chi connectivity index (χ3n) is 4.36. The maximum Gasteiger partial charge on any atom is 0.255 e. The molecular weight excluding hydrogens is 368 g/mol. The summed E-state index contributed by atoms with van der Waals surface area (Å²) in [5.74, 6) is 0.716. The number of anilines is 2.